The number of carboxylic acids is 1. The molecule has 0 saturated carbocycles. The first-order valence-electron chi connectivity index (χ1n) is 7.57. The Kier molecular flexibility index (Phi) is 5.95. The molecule has 0 aromatic heterocycles. The number of ether oxygens (including phenoxy) is 4. The lowest BCUT2D eigenvalue weighted by Gasteiger charge is -2.13. The van der Waals surface area contributed by atoms with Gasteiger partial charge in [-0.05, 0) is 41.5 Å². The third-order valence-corrected chi connectivity index (χ3v) is 3.72. The van der Waals surface area contributed by atoms with E-state index in [-0.39, 0.29) is 17.1 Å². The maximum Gasteiger partial charge on any atom is 0.336 e. The first kappa shape index (κ1) is 19.0. The highest BCUT2D eigenvalue weighted by molar-refractivity contribution is 6.20. The zero-order chi connectivity index (χ0) is 19.3. The molecule has 0 saturated heterocycles. The summed E-state index contributed by atoms with van der Waals surface area (Å²) in [7, 11) is 5.85. The molecule has 0 amide bonds. The fourth-order valence-corrected chi connectivity index (χ4v) is 2.48. The van der Waals surface area contributed by atoms with E-state index in [0.717, 1.165) is 0 Å². The van der Waals surface area contributed by atoms with E-state index in [1.807, 2.05) is 0 Å². The second-order valence-electron chi connectivity index (χ2n) is 5.21. The topological polar surface area (TPSA) is 94.5 Å². The van der Waals surface area contributed by atoms with E-state index >= 15 is 0 Å². The summed E-state index contributed by atoms with van der Waals surface area (Å²) < 4.78 is 20.8. The minimum absolute atomic E-state index is 0.0165. The van der Waals surface area contributed by atoms with Crippen LogP contribution in [0, 0.1) is 0 Å². The van der Waals surface area contributed by atoms with E-state index in [9.17, 15) is 15.0 Å². The van der Waals surface area contributed by atoms with Crippen LogP contribution in [0.3, 0.4) is 0 Å². The molecule has 2 rings (SSSR count). The average molecular weight is 360 g/mol. The Morgan fingerprint density at radius 1 is 0.885 bits per heavy atom. The molecule has 0 bridgehead atoms. The van der Waals surface area contributed by atoms with Crippen molar-refractivity contribution in [2.75, 3.05) is 28.4 Å². The van der Waals surface area contributed by atoms with Crippen LogP contribution in [0.5, 0.6) is 28.7 Å². The van der Waals surface area contributed by atoms with Crippen molar-refractivity contribution in [3.8, 4) is 28.7 Å². The van der Waals surface area contributed by atoms with Crippen molar-refractivity contribution in [3.05, 3.63) is 41.5 Å². The SMILES string of the molecule is COc1ccc(C(=Cc2cc(OC)c(OC)c(OC)c2)C(=O)O)cc1O. The van der Waals surface area contributed by atoms with Crippen LogP contribution in [0.1, 0.15) is 11.1 Å². The van der Waals surface area contributed by atoms with Gasteiger partial charge < -0.3 is 29.2 Å². The summed E-state index contributed by atoms with van der Waals surface area (Å²) in [6, 6.07) is 7.64. The molecule has 7 heteroatoms. The number of aromatic hydroxyl groups is 1. The normalized spacial score (nSPS) is 11.0. The molecule has 0 aliphatic rings. The third-order valence-electron chi connectivity index (χ3n) is 3.72. The summed E-state index contributed by atoms with van der Waals surface area (Å²) in [5, 5.41) is 19.5. The van der Waals surface area contributed by atoms with Crippen LogP contribution in [0.4, 0.5) is 0 Å². The lowest BCUT2D eigenvalue weighted by Crippen LogP contribution is -2.01. The summed E-state index contributed by atoms with van der Waals surface area (Å²) in [6.45, 7) is 0. The molecule has 0 unspecified atom stereocenters. The van der Waals surface area contributed by atoms with E-state index in [1.165, 1.54) is 46.6 Å². The molecule has 0 aliphatic carbocycles. The molecule has 2 aromatic carbocycles. The van der Waals surface area contributed by atoms with E-state index in [1.54, 1.807) is 18.2 Å². The quantitative estimate of drug-likeness (QED) is 0.579. The zero-order valence-corrected chi connectivity index (χ0v) is 14.9. The average Bonchev–Trinajstić information content (AvgIpc) is 2.64. The van der Waals surface area contributed by atoms with Crippen LogP contribution in [0.15, 0.2) is 30.3 Å². The molecule has 0 heterocycles. The number of benzene rings is 2. The second-order valence-corrected chi connectivity index (χ2v) is 5.21. The molecule has 0 spiro atoms. The molecular weight excluding hydrogens is 340 g/mol. The number of phenolic OH excluding ortho intramolecular Hbond substituents is 1. The Balaban J connectivity index is 2.59. The number of methoxy groups -OCH3 is 4. The number of hydrogen-bond acceptors (Lipinski definition) is 6. The van der Waals surface area contributed by atoms with Crippen LogP contribution in [-0.4, -0.2) is 44.6 Å². The lowest BCUT2D eigenvalue weighted by molar-refractivity contribution is -0.130. The molecule has 0 fully saturated rings. The van der Waals surface area contributed by atoms with E-state index in [2.05, 4.69) is 0 Å². The lowest BCUT2D eigenvalue weighted by atomic mass is 10.0. The number of carboxylic acid groups (broad SMARTS) is 1. The number of phenols is 1. The van der Waals surface area contributed by atoms with Crippen molar-refractivity contribution >= 4 is 17.6 Å². The first-order chi connectivity index (χ1) is 12.4. The molecule has 2 aromatic rings. The Morgan fingerprint density at radius 2 is 1.46 bits per heavy atom. The Bertz CT molecular complexity index is 815. The maximum absolute atomic E-state index is 11.7. The summed E-state index contributed by atoms with van der Waals surface area (Å²) >= 11 is 0. The maximum atomic E-state index is 11.7. The van der Waals surface area contributed by atoms with Crippen LogP contribution < -0.4 is 18.9 Å². The van der Waals surface area contributed by atoms with E-state index in [4.69, 9.17) is 18.9 Å². The van der Waals surface area contributed by atoms with Crippen molar-refractivity contribution < 1.29 is 34.0 Å². The molecule has 0 atom stereocenters. The highest BCUT2D eigenvalue weighted by Gasteiger charge is 2.16. The van der Waals surface area contributed by atoms with Crippen molar-refractivity contribution in [2.45, 2.75) is 0 Å². The summed E-state index contributed by atoms with van der Waals surface area (Å²) in [5.74, 6) is 0.170. The first-order valence-corrected chi connectivity index (χ1v) is 7.57. The van der Waals surface area contributed by atoms with Crippen LogP contribution >= 0.6 is 0 Å². The van der Waals surface area contributed by atoms with E-state index in [0.29, 0.717) is 28.4 Å². The van der Waals surface area contributed by atoms with Crippen molar-refractivity contribution in [3.63, 3.8) is 0 Å². The largest absolute Gasteiger partial charge is 0.504 e. The molecule has 26 heavy (non-hydrogen) atoms. The highest BCUT2D eigenvalue weighted by atomic mass is 16.5. The summed E-state index contributed by atoms with van der Waals surface area (Å²) in [4.78, 5) is 11.7. The van der Waals surface area contributed by atoms with Gasteiger partial charge in [0.15, 0.2) is 23.0 Å². The minimum Gasteiger partial charge on any atom is -0.504 e. The van der Waals surface area contributed by atoms with Gasteiger partial charge in [-0.3, -0.25) is 0 Å². The van der Waals surface area contributed by atoms with Gasteiger partial charge in [0.05, 0.1) is 34.0 Å². The fourth-order valence-electron chi connectivity index (χ4n) is 2.48. The van der Waals surface area contributed by atoms with Crippen molar-refractivity contribution in [2.24, 2.45) is 0 Å². The van der Waals surface area contributed by atoms with Crippen LogP contribution in [-0.2, 0) is 4.79 Å². The Morgan fingerprint density at radius 3 is 1.88 bits per heavy atom. The zero-order valence-electron chi connectivity index (χ0n) is 14.9. The summed E-state index contributed by atoms with van der Waals surface area (Å²) in [5.41, 5.74) is 0.842. The fraction of sp³-hybridized carbons (Fsp3) is 0.211. The van der Waals surface area contributed by atoms with Gasteiger partial charge in [0.1, 0.15) is 0 Å². The predicted octanol–water partition coefficient (Wildman–Crippen LogP) is 3.05. The van der Waals surface area contributed by atoms with Crippen molar-refractivity contribution in [1.82, 2.24) is 0 Å². The van der Waals surface area contributed by atoms with Gasteiger partial charge >= 0.3 is 5.97 Å². The highest BCUT2D eigenvalue weighted by Crippen LogP contribution is 2.39. The molecular formula is C19H20O7. The molecule has 2 N–H and O–H groups in total. The number of carbonyl (C=O) groups is 1. The number of hydrogen-bond donors (Lipinski definition) is 2. The third kappa shape index (κ3) is 3.83. The van der Waals surface area contributed by atoms with E-state index < -0.39 is 5.97 Å². The van der Waals surface area contributed by atoms with Gasteiger partial charge in [-0.1, -0.05) is 6.07 Å². The van der Waals surface area contributed by atoms with Crippen molar-refractivity contribution in [1.29, 1.82) is 0 Å². The Hall–Kier alpha value is -3.35. The van der Waals surface area contributed by atoms with Gasteiger partial charge in [-0.2, -0.15) is 0 Å². The summed E-state index contributed by atoms with van der Waals surface area (Å²) in [6.07, 6.45) is 1.45. The number of aliphatic carboxylic acids is 1. The van der Waals surface area contributed by atoms with Gasteiger partial charge in [-0.15, -0.1) is 0 Å². The molecule has 138 valence electrons. The standard InChI is InChI=1S/C19H20O7/c1-23-15-6-5-12(10-14(15)20)13(19(21)22)7-11-8-16(24-2)18(26-4)17(9-11)25-3/h5-10,20H,1-4H3,(H,21,22). The van der Waals surface area contributed by atoms with Crippen LogP contribution in [0.2, 0.25) is 0 Å². The van der Waals surface area contributed by atoms with Gasteiger partial charge in [0.25, 0.3) is 0 Å². The van der Waals surface area contributed by atoms with Gasteiger partial charge in [0, 0.05) is 0 Å². The monoisotopic (exact) mass is 360 g/mol. The minimum atomic E-state index is -1.15. The van der Waals surface area contributed by atoms with Gasteiger partial charge in [-0.25, -0.2) is 4.79 Å². The Labute approximate surface area is 151 Å². The molecule has 0 aliphatic heterocycles. The molecule has 7 nitrogen and oxygen atoms in total. The molecule has 0 radical (unpaired) electrons. The van der Waals surface area contributed by atoms with Crippen LogP contribution in [0.25, 0.3) is 11.6 Å². The van der Waals surface area contributed by atoms with Gasteiger partial charge in [0.2, 0.25) is 5.75 Å². The smallest absolute Gasteiger partial charge is 0.336 e. The second kappa shape index (κ2) is 8.15. The number of rotatable bonds is 7. The predicted molar refractivity (Wildman–Crippen MR) is 96.3 cm³/mol.